The second kappa shape index (κ2) is 6.18. The maximum absolute atomic E-state index is 12.8. The van der Waals surface area contributed by atoms with E-state index in [0.29, 0.717) is 5.92 Å². The van der Waals surface area contributed by atoms with E-state index in [2.05, 4.69) is 12.2 Å². The highest BCUT2D eigenvalue weighted by Crippen LogP contribution is 2.33. The maximum Gasteiger partial charge on any atom is 0.230 e. The molecule has 1 saturated carbocycles. The fraction of sp³-hybridized carbons (Fsp3) is 0.611. The second-order valence-electron chi connectivity index (χ2n) is 7.09. The molecular formula is C18H27NO2. The third-order valence-electron chi connectivity index (χ3n) is 4.84. The zero-order chi connectivity index (χ0) is 15.5. The van der Waals surface area contributed by atoms with E-state index in [1.807, 2.05) is 44.2 Å². The molecule has 1 aliphatic rings. The van der Waals surface area contributed by atoms with Crippen LogP contribution >= 0.6 is 0 Å². The van der Waals surface area contributed by atoms with Gasteiger partial charge in [-0.15, -0.1) is 0 Å². The molecule has 3 heteroatoms. The minimum atomic E-state index is -0.593. The monoisotopic (exact) mass is 289 g/mol. The molecule has 0 bridgehead atoms. The molecule has 0 saturated heterocycles. The van der Waals surface area contributed by atoms with E-state index in [-0.39, 0.29) is 12.5 Å². The van der Waals surface area contributed by atoms with Gasteiger partial charge in [-0.25, -0.2) is 0 Å². The van der Waals surface area contributed by atoms with Gasteiger partial charge in [-0.1, -0.05) is 50.1 Å². The van der Waals surface area contributed by atoms with Crippen molar-refractivity contribution in [2.24, 2.45) is 5.92 Å². The molecule has 1 aliphatic carbocycles. The van der Waals surface area contributed by atoms with Crippen molar-refractivity contribution in [3.05, 3.63) is 35.9 Å². The van der Waals surface area contributed by atoms with Gasteiger partial charge in [0.15, 0.2) is 0 Å². The average molecular weight is 289 g/mol. The van der Waals surface area contributed by atoms with Crippen LogP contribution in [0.5, 0.6) is 0 Å². The summed E-state index contributed by atoms with van der Waals surface area (Å²) in [6.07, 6.45) is 3.97. The van der Waals surface area contributed by atoms with Gasteiger partial charge in [-0.2, -0.15) is 0 Å². The van der Waals surface area contributed by atoms with Crippen molar-refractivity contribution in [1.82, 2.24) is 5.32 Å². The van der Waals surface area contributed by atoms with E-state index in [4.69, 9.17) is 0 Å². The number of nitrogens with one attached hydrogen (secondary N) is 1. The Morgan fingerprint density at radius 2 is 2.05 bits per heavy atom. The Labute approximate surface area is 127 Å². The van der Waals surface area contributed by atoms with Gasteiger partial charge in [0.25, 0.3) is 0 Å². The highest BCUT2D eigenvalue weighted by atomic mass is 16.3. The van der Waals surface area contributed by atoms with Gasteiger partial charge in [-0.3, -0.25) is 4.79 Å². The van der Waals surface area contributed by atoms with E-state index in [1.54, 1.807) is 0 Å². The van der Waals surface area contributed by atoms with Crippen molar-refractivity contribution >= 4 is 5.91 Å². The molecule has 2 N–H and O–H groups in total. The molecule has 0 spiro atoms. The zero-order valence-electron chi connectivity index (χ0n) is 13.4. The van der Waals surface area contributed by atoms with Crippen LogP contribution in [-0.2, 0) is 10.2 Å². The van der Waals surface area contributed by atoms with E-state index >= 15 is 0 Å². The molecule has 3 nitrogen and oxygen atoms in total. The SMILES string of the molecule is CC1CCCC(CO)(NC(=O)C(C)(C)c2ccccc2)C1. The molecule has 1 amide bonds. The minimum Gasteiger partial charge on any atom is -0.394 e. The van der Waals surface area contributed by atoms with Gasteiger partial charge in [0.1, 0.15) is 0 Å². The quantitative estimate of drug-likeness (QED) is 0.895. The highest BCUT2D eigenvalue weighted by molar-refractivity contribution is 5.88. The Hall–Kier alpha value is -1.35. The molecule has 1 fully saturated rings. The van der Waals surface area contributed by atoms with Gasteiger partial charge >= 0.3 is 0 Å². The van der Waals surface area contributed by atoms with Gasteiger partial charge in [-0.05, 0) is 38.2 Å². The minimum absolute atomic E-state index is 0.00292. The van der Waals surface area contributed by atoms with Crippen LogP contribution in [0.15, 0.2) is 30.3 Å². The summed E-state index contributed by atoms with van der Waals surface area (Å²) in [5.74, 6) is 0.544. The van der Waals surface area contributed by atoms with Crippen LogP contribution in [0, 0.1) is 5.92 Å². The molecule has 0 heterocycles. The molecule has 2 rings (SSSR count). The van der Waals surface area contributed by atoms with Crippen LogP contribution in [0.1, 0.15) is 52.0 Å². The first-order chi connectivity index (χ1) is 9.89. The first kappa shape index (κ1) is 16.0. The molecule has 1 aromatic carbocycles. The van der Waals surface area contributed by atoms with Crippen molar-refractivity contribution in [1.29, 1.82) is 0 Å². The Balaban J connectivity index is 2.16. The van der Waals surface area contributed by atoms with Crippen LogP contribution in [0.25, 0.3) is 0 Å². The van der Waals surface area contributed by atoms with Crippen LogP contribution in [0.3, 0.4) is 0 Å². The summed E-state index contributed by atoms with van der Waals surface area (Å²) in [4.78, 5) is 12.8. The summed E-state index contributed by atoms with van der Waals surface area (Å²) >= 11 is 0. The first-order valence-corrected chi connectivity index (χ1v) is 7.89. The Bertz CT molecular complexity index is 483. The third-order valence-corrected chi connectivity index (χ3v) is 4.84. The van der Waals surface area contributed by atoms with E-state index in [1.165, 1.54) is 6.42 Å². The number of aliphatic hydroxyl groups is 1. The van der Waals surface area contributed by atoms with Gasteiger partial charge in [0.2, 0.25) is 5.91 Å². The van der Waals surface area contributed by atoms with Crippen molar-refractivity contribution in [2.75, 3.05) is 6.61 Å². The number of benzene rings is 1. The number of aliphatic hydroxyl groups excluding tert-OH is 1. The molecule has 21 heavy (non-hydrogen) atoms. The molecule has 116 valence electrons. The number of carbonyl (C=O) groups excluding carboxylic acids is 1. The lowest BCUT2D eigenvalue weighted by Gasteiger charge is -2.41. The Morgan fingerprint density at radius 3 is 2.62 bits per heavy atom. The van der Waals surface area contributed by atoms with Crippen LogP contribution < -0.4 is 5.32 Å². The molecule has 2 atom stereocenters. The standard InChI is InChI=1S/C18H27NO2/c1-14-8-7-11-18(12-14,13-20)19-16(21)17(2,3)15-9-5-4-6-10-15/h4-6,9-10,14,20H,7-8,11-13H2,1-3H3,(H,19,21). The Kier molecular flexibility index (Phi) is 4.72. The average Bonchev–Trinajstić information content (AvgIpc) is 2.48. The zero-order valence-corrected chi connectivity index (χ0v) is 13.4. The third kappa shape index (κ3) is 3.46. The topological polar surface area (TPSA) is 49.3 Å². The fourth-order valence-electron chi connectivity index (χ4n) is 3.34. The predicted octanol–water partition coefficient (Wildman–Crippen LogP) is 3.02. The van der Waals surface area contributed by atoms with Crippen molar-refractivity contribution in [3.63, 3.8) is 0 Å². The van der Waals surface area contributed by atoms with Crippen LogP contribution in [0.2, 0.25) is 0 Å². The number of amides is 1. The fourth-order valence-corrected chi connectivity index (χ4v) is 3.34. The second-order valence-corrected chi connectivity index (χ2v) is 7.09. The lowest BCUT2D eigenvalue weighted by Crippen LogP contribution is -2.57. The van der Waals surface area contributed by atoms with E-state index in [9.17, 15) is 9.90 Å². The predicted molar refractivity (Wildman–Crippen MR) is 85.1 cm³/mol. The summed E-state index contributed by atoms with van der Waals surface area (Å²) in [5, 5.41) is 13.0. The molecule has 0 aliphatic heterocycles. The van der Waals surface area contributed by atoms with Gasteiger partial charge in [0, 0.05) is 0 Å². The number of hydrogen-bond acceptors (Lipinski definition) is 2. The number of hydrogen-bond donors (Lipinski definition) is 2. The number of carbonyl (C=O) groups is 1. The molecule has 2 unspecified atom stereocenters. The van der Waals surface area contributed by atoms with Crippen LogP contribution in [0.4, 0.5) is 0 Å². The Morgan fingerprint density at radius 1 is 1.38 bits per heavy atom. The number of rotatable bonds is 4. The van der Waals surface area contributed by atoms with Gasteiger partial charge in [0.05, 0.1) is 17.6 Å². The van der Waals surface area contributed by atoms with Crippen LogP contribution in [-0.4, -0.2) is 23.2 Å². The molecule has 0 radical (unpaired) electrons. The van der Waals surface area contributed by atoms with E-state index < -0.39 is 11.0 Å². The first-order valence-electron chi connectivity index (χ1n) is 7.89. The van der Waals surface area contributed by atoms with Crippen molar-refractivity contribution in [3.8, 4) is 0 Å². The summed E-state index contributed by atoms with van der Waals surface area (Å²) < 4.78 is 0. The summed E-state index contributed by atoms with van der Waals surface area (Å²) in [5.41, 5.74) is -0.0373. The molecule has 1 aromatic rings. The smallest absolute Gasteiger partial charge is 0.230 e. The van der Waals surface area contributed by atoms with E-state index in [0.717, 1.165) is 24.8 Å². The summed E-state index contributed by atoms with van der Waals surface area (Å²) in [6.45, 7) is 6.09. The normalized spacial score (nSPS) is 26.4. The molecule has 0 aromatic heterocycles. The van der Waals surface area contributed by atoms with Crippen molar-refractivity contribution in [2.45, 2.75) is 57.4 Å². The highest BCUT2D eigenvalue weighted by Gasteiger charge is 2.39. The van der Waals surface area contributed by atoms with Gasteiger partial charge < -0.3 is 10.4 Å². The van der Waals surface area contributed by atoms with Crippen molar-refractivity contribution < 1.29 is 9.90 Å². The lowest BCUT2D eigenvalue weighted by atomic mass is 9.75. The molecular weight excluding hydrogens is 262 g/mol. The summed E-state index contributed by atoms with van der Waals surface area (Å²) in [6, 6.07) is 9.82. The largest absolute Gasteiger partial charge is 0.394 e. The maximum atomic E-state index is 12.8. The lowest BCUT2D eigenvalue weighted by molar-refractivity contribution is -0.129. The summed E-state index contributed by atoms with van der Waals surface area (Å²) in [7, 11) is 0.